The normalized spacial score (nSPS) is 10.5. The topological polar surface area (TPSA) is 0 Å². The maximum absolute atomic E-state index is 4.61. The Balaban J connectivity index is 0.000000847. The van der Waals surface area contributed by atoms with Crippen LogP contribution in [0.25, 0.3) is 0 Å². The number of benzene rings is 3. The van der Waals surface area contributed by atoms with Gasteiger partial charge < -0.3 is 0 Å². The smallest absolute Gasteiger partial charge is 0.0591 e. The minimum absolute atomic E-state index is 0.205. The van der Waals surface area contributed by atoms with E-state index in [1.807, 2.05) is 0 Å². The van der Waals surface area contributed by atoms with E-state index in [-0.39, 0.29) is 5.16 Å². The molecule has 0 saturated carbocycles. The molecule has 0 aliphatic heterocycles. The molecule has 0 heterocycles. The predicted molar refractivity (Wildman–Crippen MR) is 109 cm³/mol. The Labute approximate surface area is 152 Å². The van der Waals surface area contributed by atoms with Crippen LogP contribution in [0.1, 0.15) is 16.7 Å². The van der Waals surface area contributed by atoms with Gasteiger partial charge in [0.15, 0.2) is 0 Å². The second kappa shape index (κ2) is 8.67. The van der Waals surface area contributed by atoms with Crippen molar-refractivity contribution in [2.45, 2.75) is 5.16 Å². The van der Waals surface area contributed by atoms with Gasteiger partial charge in [-0.3, -0.25) is 0 Å². The second-order valence-corrected chi connectivity index (χ2v) is 5.77. The zero-order valence-corrected chi connectivity index (χ0v) is 16.1. The molecule has 22 heavy (non-hydrogen) atoms. The van der Waals surface area contributed by atoms with E-state index in [4.69, 9.17) is 0 Å². The average molecular weight is 439 g/mol. The fourth-order valence-corrected chi connectivity index (χ4v) is 3.18. The van der Waals surface area contributed by atoms with Crippen LogP contribution >= 0.6 is 39.6 Å². The number of halogens is 2. The molecule has 3 rings (SSSR count). The summed E-state index contributed by atoms with van der Waals surface area (Å²) in [6, 6.07) is 31.9. The maximum atomic E-state index is 4.61. The van der Waals surface area contributed by atoms with Crippen LogP contribution in [0.5, 0.6) is 0 Å². The fourth-order valence-electron chi connectivity index (χ4n) is 2.60. The number of hydrogen-bond donors (Lipinski definition) is 0. The van der Waals surface area contributed by atoms with Crippen LogP contribution in [0.4, 0.5) is 0 Å². The molecule has 0 saturated heterocycles. The molecule has 0 spiro atoms. The Hall–Kier alpha value is -0.890. The highest BCUT2D eigenvalue weighted by Gasteiger charge is 2.30. The van der Waals surface area contributed by atoms with E-state index < -0.39 is 0 Å². The lowest BCUT2D eigenvalue weighted by Gasteiger charge is -2.31. The van der Waals surface area contributed by atoms with Crippen LogP contribution in [0.3, 0.4) is 0 Å². The lowest BCUT2D eigenvalue weighted by Crippen LogP contribution is -2.21. The molecular formula is C19H17ClIP. The molecule has 0 nitrogen and oxygen atoms in total. The molecule has 0 radical (unpaired) electrons. The Bertz CT molecular complexity index is 575. The van der Waals surface area contributed by atoms with E-state index in [9.17, 15) is 0 Å². The highest BCUT2D eigenvalue weighted by Crippen LogP contribution is 2.44. The van der Waals surface area contributed by atoms with Gasteiger partial charge in [0.05, 0.1) is 5.16 Å². The lowest BCUT2D eigenvalue weighted by molar-refractivity contribution is 0.897. The summed E-state index contributed by atoms with van der Waals surface area (Å²) in [5.41, 5.74) is 3.84. The Kier molecular flexibility index (Phi) is 6.88. The zero-order valence-electron chi connectivity index (χ0n) is 12.0. The Morgan fingerprint density at radius 2 is 0.773 bits per heavy atom. The van der Waals surface area contributed by atoms with Crippen molar-refractivity contribution >= 4 is 39.6 Å². The third kappa shape index (κ3) is 3.71. The molecule has 0 aliphatic rings. The van der Waals surface area contributed by atoms with Crippen molar-refractivity contribution in [2.75, 3.05) is 0 Å². The summed E-state index contributed by atoms with van der Waals surface area (Å²) in [5, 5.41) is -0.205. The zero-order chi connectivity index (χ0) is 15.8. The molecular weight excluding hydrogens is 422 g/mol. The molecule has 0 amide bonds. The van der Waals surface area contributed by atoms with E-state index in [1.54, 1.807) is 21.5 Å². The summed E-state index contributed by atoms with van der Waals surface area (Å²) in [6.45, 7) is 0. The van der Waals surface area contributed by atoms with Crippen molar-refractivity contribution in [2.24, 2.45) is 0 Å². The van der Waals surface area contributed by atoms with Gasteiger partial charge in [0, 0.05) is 21.5 Å². The molecule has 0 fully saturated rings. The van der Waals surface area contributed by atoms with Gasteiger partial charge in [-0.2, -0.15) is 0 Å². The summed E-state index contributed by atoms with van der Waals surface area (Å²) in [4.78, 5) is 0. The average Bonchev–Trinajstić information content (AvgIpc) is 2.65. The van der Waals surface area contributed by atoms with E-state index in [0.717, 1.165) is 0 Å². The minimum Gasteiger partial charge on any atom is -0.117 e. The first-order valence-electron chi connectivity index (χ1n) is 6.91. The predicted octanol–water partition coefficient (Wildman–Crippen LogP) is 6.43. The van der Waals surface area contributed by atoms with Crippen LogP contribution in [-0.4, -0.2) is 0 Å². The van der Waals surface area contributed by atoms with E-state index in [1.165, 1.54) is 16.7 Å². The molecule has 0 bridgehead atoms. The molecule has 0 aromatic heterocycles. The summed E-state index contributed by atoms with van der Waals surface area (Å²) in [7, 11) is 7.67. The molecule has 1 unspecified atom stereocenters. The fraction of sp³-hybridized carbons (Fsp3) is 0.0526. The van der Waals surface area contributed by atoms with Crippen molar-refractivity contribution < 1.29 is 0 Å². The Morgan fingerprint density at radius 3 is 1.00 bits per heavy atom. The molecule has 0 N–H and O–H groups in total. The second-order valence-electron chi connectivity index (χ2n) is 4.91. The summed E-state index contributed by atoms with van der Waals surface area (Å²) >= 11 is 1.62. The third-order valence-corrected chi connectivity index (χ3v) is 4.69. The number of rotatable bonds is 3. The van der Waals surface area contributed by atoms with Gasteiger partial charge in [0.2, 0.25) is 0 Å². The van der Waals surface area contributed by atoms with E-state index >= 15 is 0 Å². The van der Waals surface area contributed by atoms with Crippen LogP contribution in [0.2, 0.25) is 0 Å². The first-order chi connectivity index (χ1) is 10.8. The van der Waals surface area contributed by atoms with Crippen LogP contribution in [-0.2, 0) is 5.16 Å². The first-order valence-corrected chi connectivity index (χ1v) is 10.2. The van der Waals surface area contributed by atoms with Gasteiger partial charge in [0.1, 0.15) is 0 Å². The van der Waals surface area contributed by atoms with Crippen molar-refractivity contribution in [3.8, 4) is 0 Å². The van der Waals surface area contributed by atoms with E-state index in [0.29, 0.717) is 0 Å². The maximum Gasteiger partial charge on any atom is 0.0591 e. The molecule has 0 aliphatic carbocycles. The standard InChI is InChI=1S/C19H17P.ClI/c20-19(16-10-4-1-5-11-16,17-12-6-2-7-13-17)18-14-8-3-9-15-18;1-2/h1-15H,20H2;. The van der Waals surface area contributed by atoms with Crippen molar-refractivity contribution in [1.82, 2.24) is 0 Å². The lowest BCUT2D eigenvalue weighted by atomic mass is 9.84. The highest BCUT2D eigenvalue weighted by molar-refractivity contribution is 14.1. The summed E-state index contributed by atoms with van der Waals surface area (Å²) in [6.07, 6.45) is 0. The molecule has 3 aromatic rings. The quantitative estimate of drug-likeness (QED) is 0.251. The summed E-state index contributed by atoms with van der Waals surface area (Å²) in [5.74, 6) is 0. The van der Waals surface area contributed by atoms with E-state index in [2.05, 4.69) is 109 Å². The minimum atomic E-state index is -0.205. The molecule has 3 aromatic carbocycles. The molecule has 112 valence electrons. The highest BCUT2D eigenvalue weighted by atomic mass is 127. The van der Waals surface area contributed by atoms with Gasteiger partial charge >= 0.3 is 0 Å². The third-order valence-electron chi connectivity index (χ3n) is 3.69. The van der Waals surface area contributed by atoms with Crippen LogP contribution in [0, 0.1) is 0 Å². The first kappa shape index (κ1) is 17.5. The van der Waals surface area contributed by atoms with Crippen molar-refractivity contribution in [1.29, 1.82) is 0 Å². The van der Waals surface area contributed by atoms with Crippen LogP contribution in [0.15, 0.2) is 91.0 Å². The van der Waals surface area contributed by atoms with Gasteiger partial charge in [-0.05, 0) is 25.6 Å². The van der Waals surface area contributed by atoms with Crippen molar-refractivity contribution in [3.63, 3.8) is 0 Å². The molecule has 1 atom stereocenters. The van der Waals surface area contributed by atoms with Gasteiger partial charge in [-0.1, -0.05) is 91.0 Å². The van der Waals surface area contributed by atoms with Gasteiger partial charge in [-0.15, -0.1) is 9.24 Å². The molecule has 3 heteroatoms. The van der Waals surface area contributed by atoms with Gasteiger partial charge in [0.25, 0.3) is 0 Å². The SMILES string of the molecule is ClI.PC(c1ccccc1)(c1ccccc1)c1ccccc1. The Morgan fingerprint density at radius 1 is 0.545 bits per heavy atom. The van der Waals surface area contributed by atoms with Crippen molar-refractivity contribution in [3.05, 3.63) is 108 Å². The summed E-state index contributed by atoms with van der Waals surface area (Å²) < 4.78 is 0. The monoisotopic (exact) mass is 438 g/mol. The van der Waals surface area contributed by atoms with Crippen LogP contribution < -0.4 is 0 Å². The number of hydrogen-bond acceptors (Lipinski definition) is 0. The largest absolute Gasteiger partial charge is 0.117 e. The van der Waals surface area contributed by atoms with Gasteiger partial charge in [-0.25, -0.2) is 0 Å².